The van der Waals surface area contributed by atoms with Gasteiger partial charge in [-0.25, -0.2) is 0 Å². The lowest BCUT2D eigenvalue weighted by atomic mass is 10.0. The molecule has 16 heavy (non-hydrogen) atoms. The van der Waals surface area contributed by atoms with Crippen LogP contribution in [0.15, 0.2) is 0 Å². The van der Waals surface area contributed by atoms with E-state index >= 15 is 0 Å². The molecule has 4 heteroatoms. The number of hydrogen-bond acceptors (Lipinski definition) is 3. The largest absolute Gasteiger partial charge is 0.381 e. The van der Waals surface area contributed by atoms with Gasteiger partial charge >= 0.3 is 0 Å². The first-order chi connectivity index (χ1) is 7.75. The van der Waals surface area contributed by atoms with Crippen molar-refractivity contribution in [2.24, 2.45) is 5.92 Å². The summed E-state index contributed by atoms with van der Waals surface area (Å²) in [7, 11) is 0. The Hall–Kier alpha value is -0.610. The molecule has 1 saturated heterocycles. The standard InChI is InChI=1S/C12H24N2O2/c1-3-8-16-9-4-6-14-12(15)11-5-7-13-10(11)2/h10-11,13H,3-9H2,1-2H3,(H,14,15). The van der Waals surface area contributed by atoms with Crippen LogP contribution in [-0.4, -0.2) is 38.3 Å². The van der Waals surface area contributed by atoms with E-state index in [1.807, 2.05) is 0 Å². The van der Waals surface area contributed by atoms with Gasteiger partial charge in [-0.1, -0.05) is 6.92 Å². The molecule has 4 nitrogen and oxygen atoms in total. The summed E-state index contributed by atoms with van der Waals surface area (Å²) in [6, 6.07) is 0.316. The molecule has 2 N–H and O–H groups in total. The second-order valence-electron chi connectivity index (χ2n) is 4.39. The summed E-state index contributed by atoms with van der Waals surface area (Å²) in [6.45, 7) is 7.41. The van der Waals surface area contributed by atoms with E-state index in [1.165, 1.54) is 0 Å². The maximum absolute atomic E-state index is 11.8. The summed E-state index contributed by atoms with van der Waals surface area (Å²) in [5.41, 5.74) is 0. The molecular formula is C12H24N2O2. The molecule has 0 aromatic carbocycles. The number of hydrogen-bond donors (Lipinski definition) is 2. The Bertz CT molecular complexity index is 209. The molecular weight excluding hydrogens is 204 g/mol. The van der Waals surface area contributed by atoms with Gasteiger partial charge in [0.25, 0.3) is 0 Å². The summed E-state index contributed by atoms with van der Waals surface area (Å²) in [4.78, 5) is 11.8. The zero-order chi connectivity index (χ0) is 11.8. The topological polar surface area (TPSA) is 50.4 Å². The molecule has 94 valence electrons. The van der Waals surface area contributed by atoms with Crippen LogP contribution in [0.5, 0.6) is 0 Å². The number of amides is 1. The van der Waals surface area contributed by atoms with Crippen LogP contribution in [0.3, 0.4) is 0 Å². The Morgan fingerprint density at radius 3 is 2.94 bits per heavy atom. The molecule has 2 atom stereocenters. The minimum atomic E-state index is 0.150. The summed E-state index contributed by atoms with van der Waals surface area (Å²) in [5.74, 6) is 0.338. The predicted octanol–water partition coefficient (Wildman–Crippen LogP) is 0.917. The van der Waals surface area contributed by atoms with Gasteiger partial charge in [0.1, 0.15) is 0 Å². The van der Waals surface area contributed by atoms with E-state index in [0.29, 0.717) is 6.04 Å². The van der Waals surface area contributed by atoms with Gasteiger partial charge in [-0.05, 0) is 32.7 Å². The Labute approximate surface area is 98.1 Å². The number of ether oxygens (including phenoxy) is 1. The number of carbonyl (C=O) groups excluding carboxylic acids is 1. The zero-order valence-electron chi connectivity index (χ0n) is 10.4. The Morgan fingerprint density at radius 2 is 2.31 bits per heavy atom. The second-order valence-corrected chi connectivity index (χ2v) is 4.39. The van der Waals surface area contributed by atoms with Gasteiger partial charge < -0.3 is 15.4 Å². The van der Waals surface area contributed by atoms with Crippen molar-refractivity contribution in [3.05, 3.63) is 0 Å². The summed E-state index contributed by atoms with van der Waals surface area (Å²) >= 11 is 0. The predicted molar refractivity (Wildman–Crippen MR) is 64.3 cm³/mol. The highest BCUT2D eigenvalue weighted by atomic mass is 16.5. The first-order valence-corrected chi connectivity index (χ1v) is 6.34. The van der Waals surface area contributed by atoms with Crippen molar-refractivity contribution in [1.82, 2.24) is 10.6 Å². The summed E-state index contributed by atoms with van der Waals surface area (Å²) in [6.07, 6.45) is 2.91. The number of nitrogens with one attached hydrogen (secondary N) is 2. The molecule has 1 amide bonds. The van der Waals surface area contributed by atoms with Crippen LogP contribution in [0.2, 0.25) is 0 Å². The van der Waals surface area contributed by atoms with Crippen molar-refractivity contribution in [2.75, 3.05) is 26.3 Å². The van der Waals surface area contributed by atoms with Crippen LogP contribution >= 0.6 is 0 Å². The molecule has 1 heterocycles. The third-order valence-electron chi connectivity index (χ3n) is 2.98. The van der Waals surface area contributed by atoms with E-state index in [2.05, 4.69) is 24.5 Å². The van der Waals surface area contributed by atoms with Gasteiger partial charge in [-0.2, -0.15) is 0 Å². The highest BCUT2D eigenvalue weighted by Crippen LogP contribution is 2.14. The maximum Gasteiger partial charge on any atom is 0.224 e. The highest BCUT2D eigenvalue weighted by molar-refractivity contribution is 5.79. The first-order valence-electron chi connectivity index (χ1n) is 6.34. The van der Waals surface area contributed by atoms with E-state index in [0.717, 1.165) is 45.6 Å². The molecule has 0 radical (unpaired) electrons. The average Bonchev–Trinajstić information content (AvgIpc) is 2.69. The molecule has 1 aliphatic heterocycles. The van der Waals surface area contributed by atoms with Crippen LogP contribution in [0.4, 0.5) is 0 Å². The first kappa shape index (κ1) is 13.5. The van der Waals surface area contributed by atoms with E-state index in [-0.39, 0.29) is 11.8 Å². The van der Waals surface area contributed by atoms with E-state index in [1.54, 1.807) is 0 Å². The third-order valence-corrected chi connectivity index (χ3v) is 2.98. The van der Waals surface area contributed by atoms with Gasteiger partial charge in [0.2, 0.25) is 5.91 Å². The lowest BCUT2D eigenvalue weighted by Gasteiger charge is -2.14. The van der Waals surface area contributed by atoms with Crippen LogP contribution in [0, 0.1) is 5.92 Å². The molecule has 2 unspecified atom stereocenters. The normalized spacial score (nSPS) is 24.6. The lowest BCUT2D eigenvalue weighted by molar-refractivity contribution is -0.125. The minimum Gasteiger partial charge on any atom is -0.381 e. The highest BCUT2D eigenvalue weighted by Gasteiger charge is 2.28. The molecule has 0 aromatic heterocycles. The number of rotatable bonds is 7. The van der Waals surface area contributed by atoms with Gasteiger partial charge in [-0.3, -0.25) is 4.79 Å². The maximum atomic E-state index is 11.8. The lowest BCUT2D eigenvalue weighted by Crippen LogP contribution is -2.37. The Balaban J connectivity index is 2.02. The fourth-order valence-corrected chi connectivity index (χ4v) is 1.98. The molecule has 0 saturated carbocycles. The van der Waals surface area contributed by atoms with Gasteiger partial charge in [-0.15, -0.1) is 0 Å². The second kappa shape index (κ2) is 7.63. The van der Waals surface area contributed by atoms with Crippen molar-refractivity contribution < 1.29 is 9.53 Å². The fourth-order valence-electron chi connectivity index (χ4n) is 1.98. The number of carbonyl (C=O) groups is 1. The van der Waals surface area contributed by atoms with Gasteiger partial charge in [0, 0.05) is 25.8 Å². The molecule has 1 rings (SSSR count). The van der Waals surface area contributed by atoms with Crippen LogP contribution < -0.4 is 10.6 Å². The molecule has 0 bridgehead atoms. The fraction of sp³-hybridized carbons (Fsp3) is 0.917. The monoisotopic (exact) mass is 228 g/mol. The van der Waals surface area contributed by atoms with Crippen LogP contribution in [0.25, 0.3) is 0 Å². The smallest absolute Gasteiger partial charge is 0.224 e. The van der Waals surface area contributed by atoms with E-state index < -0.39 is 0 Å². The molecule has 0 spiro atoms. The molecule has 0 aliphatic carbocycles. The molecule has 0 aromatic rings. The van der Waals surface area contributed by atoms with Crippen LogP contribution in [-0.2, 0) is 9.53 Å². The van der Waals surface area contributed by atoms with Crippen molar-refractivity contribution in [2.45, 2.75) is 39.2 Å². The zero-order valence-corrected chi connectivity index (χ0v) is 10.4. The quantitative estimate of drug-likeness (QED) is 0.637. The van der Waals surface area contributed by atoms with Gasteiger partial charge in [0.05, 0.1) is 5.92 Å². The van der Waals surface area contributed by atoms with Crippen molar-refractivity contribution >= 4 is 5.91 Å². The Kier molecular flexibility index (Phi) is 6.42. The van der Waals surface area contributed by atoms with E-state index in [4.69, 9.17) is 4.74 Å². The summed E-state index contributed by atoms with van der Waals surface area (Å²) in [5, 5.41) is 6.26. The van der Waals surface area contributed by atoms with Crippen molar-refractivity contribution in [3.8, 4) is 0 Å². The van der Waals surface area contributed by atoms with Crippen molar-refractivity contribution in [1.29, 1.82) is 0 Å². The average molecular weight is 228 g/mol. The van der Waals surface area contributed by atoms with Crippen molar-refractivity contribution in [3.63, 3.8) is 0 Å². The van der Waals surface area contributed by atoms with E-state index in [9.17, 15) is 4.79 Å². The van der Waals surface area contributed by atoms with Gasteiger partial charge in [0.15, 0.2) is 0 Å². The van der Waals surface area contributed by atoms with Crippen LogP contribution in [0.1, 0.15) is 33.1 Å². The molecule has 1 fully saturated rings. The minimum absolute atomic E-state index is 0.150. The third kappa shape index (κ3) is 4.49. The Morgan fingerprint density at radius 1 is 1.50 bits per heavy atom. The SMILES string of the molecule is CCCOCCCNC(=O)C1CCNC1C. The summed E-state index contributed by atoms with van der Waals surface area (Å²) < 4.78 is 5.35. The molecule has 1 aliphatic rings.